The van der Waals surface area contributed by atoms with Crippen LogP contribution in [0.25, 0.3) is 0 Å². The molecule has 6 nitrogen and oxygen atoms in total. The number of hydrogen-bond donors (Lipinski definition) is 2. The van der Waals surface area contributed by atoms with E-state index in [4.69, 9.17) is 0 Å². The Morgan fingerprint density at radius 2 is 1.66 bits per heavy atom. The molecule has 0 spiro atoms. The molecule has 1 heterocycles. The molecular formula is C22H30FN5O. The van der Waals surface area contributed by atoms with Crippen LogP contribution in [-0.2, 0) is 0 Å². The highest BCUT2D eigenvalue weighted by Gasteiger charge is 2.24. The number of carbonyl (C=O) groups is 1. The van der Waals surface area contributed by atoms with E-state index in [9.17, 15) is 9.18 Å². The van der Waals surface area contributed by atoms with Crippen molar-refractivity contribution < 1.29 is 9.18 Å². The van der Waals surface area contributed by atoms with Gasteiger partial charge < -0.3 is 20.4 Å². The molecule has 156 valence electrons. The summed E-state index contributed by atoms with van der Waals surface area (Å²) in [7, 11) is 6.18. The van der Waals surface area contributed by atoms with Crippen molar-refractivity contribution >= 4 is 17.4 Å². The molecule has 2 aromatic rings. The third kappa shape index (κ3) is 5.92. The molecule has 1 aliphatic heterocycles. The predicted molar refractivity (Wildman–Crippen MR) is 116 cm³/mol. The number of hydrogen-bond acceptors (Lipinski definition) is 4. The van der Waals surface area contributed by atoms with Crippen LogP contribution in [0.5, 0.6) is 0 Å². The van der Waals surface area contributed by atoms with Crippen LogP contribution in [0.3, 0.4) is 0 Å². The van der Waals surface area contributed by atoms with Gasteiger partial charge in [-0.2, -0.15) is 0 Å². The largest absolute Gasteiger partial charge is 0.378 e. The second kappa shape index (κ2) is 9.71. The molecule has 7 heteroatoms. The molecule has 0 unspecified atom stereocenters. The van der Waals surface area contributed by atoms with Crippen LogP contribution in [0.15, 0.2) is 48.5 Å². The van der Waals surface area contributed by atoms with Gasteiger partial charge in [0.15, 0.2) is 0 Å². The van der Waals surface area contributed by atoms with Gasteiger partial charge in [0.2, 0.25) is 0 Å². The van der Waals surface area contributed by atoms with E-state index in [2.05, 4.69) is 56.6 Å². The minimum Gasteiger partial charge on any atom is -0.378 e. The summed E-state index contributed by atoms with van der Waals surface area (Å²) in [6.45, 7) is 4.43. The molecule has 2 aromatic carbocycles. The van der Waals surface area contributed by atoms with Gasteiger partial charge >= 0.3 is 6.03 Å². The van der Waals surface area contributed by atoms with Crippen LogP contribution in [0.2, 0.25) is 0 Å². The molecule has 1 fully saturated rings. The lowest BCUT2D eigenvalue weighted by molar-refractivity contribution is 0.111. The Morgan fingerprint density at radius 3 is 2.24 bits per heavy atom. The van der Waals surface area contributed by atoms with Gasteiger partial charge in [-0.05, 0) is 49.0 Å². The SMILES string of the molecule is CN1CCN([C@H](CNC(=O)Nc2ccc(F)cc2)c2ccc(N(C)C)cc2)CC1. The van der Waals surface area contributed by atoms with Gasteiger partial charge in [0.05, 0.1) is 6.04 Å². The minimum absolute atomic E-state index is 0.0962. The highest BCUT2D eigenvalue weighted by atomic mass is 19.1. The zero-order valence-corrected chi connectivity index (χ0v) is 17.4. The highest BCUT2D eigenvalue weighted by Crippen LogP contribution is 2.24. The molecular weight excluding hydrogens is 369 g/mol. The normalized spacial score (nSPS) is 16.3. The fourth-order valence-electron chi connectivity index (χ4n) is 3.48. The first-order valence-electron chi connectivity index (χ1n) is 9.92. The number of nitrogens with one attached hydrogen (secondary N) is 2. The quantitative estimate of drug-likeness (QED) is 0.784. The average Bonchev–Trinajstić information content (AvgIpc) is 2.71. The third-order valence-electron chi connectivity index (χ3n) is 5.33. The number of halogens is 1. The maximum Gasteiger partial charge on any atom is 0.319 e. The standard InChI is InChI=1S/C22H30FN5O/c1-26(2)20-10-4-17(5-11-20)21(28-14-12-27(3)13-15-28)16-24-22(29)25-19-8-6-18(23)7-9-19/h4-11,21H,12-16H2,1-3H3,(H2,24,25,29)/t21-/m1/s1. The molecule has 0 bridgehead atoms. The van der Waals surface area contributed by atoms with Crippen LogP contribution in [0, 0.1) is 5.82 Å². The lowest BCUT2D eigenvalue weighted by atomic mass is 10.0. The van der Waals surface area contributed by atoms with Crippen LogP contribution in [0.1, 0.15) is 11.6 Å². The number of carbonyl (C=O) groups excluding carboxylic acids is 1. The Morgan fingerprint density at radius 1 is 1.03 bits per heavy atom. The van der Waals surface area contributed by atoms with Crippen LogP contribution >= 0.6 is 0 Å². The maximum absolute atomic E-state index is 13.0. The fraction of sp³-hybridized carbons (Fsp3) is 0.409. The molecule has 0 radical (unpaired) electrons. The second-order valence-corrected chi connectivity index (χ2v) is 7.68. The number of urea groups is 1. The van der Waals surface area contributed by atoms with Crippen molar-refractivity contribution in [3.8, 4) is 0 Å². The summed E-state index contributed by atoms with van der Waals surface area (Å²) in [4.78, 5) is 19.2. The monoisotopic (exact) mass is 399 g/mol. The highest BCUT2D eigenvalue weighted by molar-refractivity contribution is 5.89. The molecule has 2 amide bonds. The van der Waals surface area contributed by atoms with E-state index in [-0.39, 0.29) is 17.9 Å². The van der Waals surface area contributed by atoms with Gasteiger partial charge in [-0.1, -0.05) is 12.1 Å². The molecule has 0 aromatic heterocycles. The van der Waals surface area contributed by atoms with Crippen molar-refractivity contribution in [2.45, 2.75) is 6.04 Å². The minimum atomic E-state index is -0.327. The lowest BCUT2D eigenvalue weighted by Crippen LogP contribution is -2.48. The fourth-order valence-corrected chi connectivity index (χ4v) is 3.48. The van der Waals surface area contributed by atoms with Crippen molar-refractivity contribution in [3.63, 3.8) is 0 Å². The summed E-state index contributed by atoms with van der Waals surface area (Å²) >= 11 is 0. The first-order valence-corrected chi connectivity index (χ1v) is 9.92. The smallest absolute Gasteiger partial charge is 0.319 e. The first kappa shape index (κ1) is 21.1. The Labute approximate surface area is 172 Å². The number of benzene rings is 2. The van der Waals surface area contributed by atoms with Gasteiger partial charge in [0.1, 0.15) is 5.82 Å². The average molecular weight is 400 g/mol. The number of anilines is 2. The topological polar surface area (TPSA) is 50.9 Å². The second-order valence-electron chi connectivity index (χ2n) is 7.68. The lowest BCUT2D eigenvalue weighted by Gasteiger charge is -2.38. The van der Waals surface area contributed by atoms with Crippen molar-refractivity contribution in [3.05, 3.63) is 59.9 Å². The van der Waals surface area contributed by atoms with Crippen LogP contribution < -0.4 is 15.5 Å². The van der Waals surface area contributed by atoms with E-state index in [0.717, 1.165) is 31.9 Å². The Bertz CT molecular complexity index is 786. The van der Waals surface area contributed by atoms with Gasteiger partial charge in [0, 0.05) is 58.2 Å². The van der Waals surface area contributed by atoms with Gasteiger partial charge in [-0.3, -0.25) is 4.90 Å². The molecule has 2 N–H and O–H groups in total. The summed E-state index contributed by atoms with van der Waals surface area (Å²) in [6.07, 6.45) is 0. The summed E-state index contributed by atoms with van der Waals surface area (Å²) in [5.41, 5.74) is 2.89. The van der Waals surface area contributed by atoms with Crippen LogP contribution in [0.4, 0.5) is 20.6 Å². The van der Waals surface area contributed by atoms with Crippen molar-refractivity contribution in [2.75, 3.05) is 64.1 Å². The Kier molecular flexibility index (Phi) is 7.06. The van der Waals surface area contributed by atoms with E-state index in [1.54, 1.807) is 12.1 Å². The number of rotatable bonds is 6. The number of amides is 2. The van der Waals surface area contributed by atoms with Crippen molar-refractivity contribution in [1.29, 1.82) is 0 Å². The van der Waals surface area contributed by atoms with Crippen LogP contribution in [-0.4, -0.2) is 69.7 Å². The molecule has 1 aliphatic rings. The Balaban J connectivity index is 1.67. The molecule has 1 atom stereocenters. The summed E-state index contributed by atoms with van der Waals surface area (Å²) < 4.78 is 13.0. The van der Waals surface area contributed by atoms with Crippen molar-refractivity contribution in [2.24, 2.45) is 0 Å². The molecule has 0 aliphatic carbocycles. The first-order chi connectivity index (χ1) is 13.9. The molecule has 1 saturated heterocycles. The molecule has 3 rings (SSSR count). The third-order valence-corrected chi connectivity index (χ3v) is 5.33. The van der Waals surface area contributed by atoms with Gasteiger partial charge in [-0.15, -0.1) is 0 Å². The summed E-state index contributed by atoms with van der Waals surface area (Å²) in [5.74, 6) is -0.327. The van der Waals surface area contributed by atoms with Gasteiger partial charge in [-0.25, -0.2) is 9.18 Å². The van der Waals surface area contributed by atoms with E-state index < -0.39 is 0 Å². The van der Waals surface area contributed by atoms with E-state index in [1.165, 1.54) is 17.7 Å². The van der Waals surface area contributed by atoms with Gasteiger partial charge in [0.25, 0.3) is 0 Å². The molecule has 0 saturated carbocycles. The maximum atomic E-state index is 13.0. The predicted octanol–water partition coefficient (Wildman–Crippen LogP) is 3.00. The number of piperazine rings is 1. The summed E-state index contributed by atoms with van der Waals surface area (Å²) in [5, 5.41) is 5.74. The molecule has 29 heavy (non-hydrogen) atoms. The van der Waals surface area contributed by atoms with E-state index in [1.807, 2.05) is 14.1 Å². The van der Waals surface area contributed by atoms with E-state index >= 15 is 0 Å². The summed E-state index contributed by atoms with van der Waals surface area (Å²) in [6, 6.07) is 14.0. The van der Waals surface area contributed by atoms with E-state index in [0.29, 0.717) is 12.2 Å². The number of likely N-dealkylation sites (N-methyl/N-ethyl adjacent to an activating group) is 1. The Hall–Kier alpha value is -2.64. The van der Waals surface area contributed by atoms with Crippen molar-refractivity contribution in [1.82, 2.24) is 15.1 Å². The zero-order valence-electron chi connectivity index (χ0n) is 17.4. The number of nitrogens with zero attached hydrogens (tertiary/aromatic N) is 3. The zero-order chi connectivity index (χ0) is 20.8.